The summed E-state index contributed by atoms with van der Waals surface area (Å²) in [6.07, 6.45) is 1.24. The van der Waals surface area contributed by atoms with Gasteiger partial charge in [-0.3, -0.25) is 14.9 Å². The van der Waals surface area contributed by atoms with Crippen LogP contribution in [0.25, 0.3) is 0 Å². The number of phenols is 1. The quantitative estimate of drug-likeness (QED) is 0.629. The van der Waals surface area contributed by atoms with Crippen LogP contribution in [0.2, 0.25) is 0 Å². The normalized spacial score (nSPS) is 10.0. The highest BCUT2D eigenvalue weighted by Crippen LogP contribution is 2.24. The Morgan fingerprint density at radius 2 is 2.22 bits per heavy atom. The number of hydrogen-bond donors (Lipinski definition) is 2. The van der Waals surface area contributed by atoms with Crippen LogP contribution in [0.5, 0.6) is 5.75 Å². The minimum absolute atomic E-state index is 0.123. The Morgan fingerprint density at radius 1 is 1.44 bits per heavy atom. The molecule has 0 fully saturated rings. The largest absolute Gasteiger partial charge is 0.508 e. The Kier molecular flexibility index (Phi) is 2.92. The zero-order valence-electron chi connectivity index (χ0n) is 8.86. The molecule has 2 aromatic rings. The topological polar surface area (TPSA) is 118 Å². The van der Waals surface area contributed by atoms with Gasteiger partial charge in [-0.25, -0.2) is 0 Å². The van der Waals surface area contributed by atoms with Crippen LogP contribution in [0.3, 0.4) is 0 Å². The van der Waals surface area contributed by atoms with Crippen molar-refractivity contribution in [3.8, 4) is 5.75 Å². The molecule has 0 atom stereocenters. The van der Waals surface area contributed by atoms with Crippen molar-refractivity contribution in [1.29, 1.82) is 0 Å². The predicted octanol–water partition coefficient (Wildman–Crippen LogP) is 1.54. The van der Waals surface area contributed by atoms with Crippen molar-refractivity contribution in [3.05, 3.63) is 46.2 Å². The Balaban J connectivity index is 2.34. The van der Waals surface area contributed by atoms with Gasteiger partial charge in [0.05, 0.1) is 4.92 Å². The molecule has 8 heteroatoms. The number of amides is 1. The Labute approximate surface area is 100.0 Å². The molecule has 18 heavy (non-hydrogen) atoms. The van der Waals surface area contributed by atoms with Crippen molar-refractivity contribution >= 4 is 17.4 Å². The van der Waals surface area contributed by atoms with Gasteiger partial charge in [-0.05, 0) is 12.1 Å². The van der Waals surface area contributed by atoms with E-state index < -0.39 is 16.5 Å². The molecule has 1 aromatic heterocycles. The lowest BCUT2D eigenvalue weighted by molar-refractivity contribution is -0.385. The Morgan fingerprint density at radius 3 is 2.83 bits per heavy atom. The van der Waals surface area contributed by atoms with Gasteiger partial charge in [0.15, 0.2) is 5.82 Å². The molecule has 8 nitrogen and oxygen atoms in total. The third kappa shape index (κ3) is 2.26. The van der Waals surface area contributed by atoms with Gasteiger partial charge in [0.25, 0.3) is 11.6 Å². The minimum Gasteiger partial charge on any atom is -0.508 e. The molecular formula is C10H7N3O5. The van der Waals surface area contributed by atoms with Gasteiger partial charge in [0, 0.05) is 12.1 Å². The molecule has 0 aliphatic heterocycles. The number of nitrogens with zero attached hydrogens (tertiary/aromatic N) is 2. The van der Waals surface area contributed by atoms with E-state index in [0.29, 0.717) is 0 Å². The highest BCUT2D eigenvalue weighted by molar-refractivity contribution is 6.06. The molecule has 1 heterocycles. The van der Waals surface area contributed by atoms with Crippen LogP contribution < -0.4 is 5.32 Å². The van der Waals surface area contributed by atoms with Crippen LogP contribution >= 0.6 is 0 Å². The zero-order valence-corrected chi connectivity index (χ0v) is 8.86. The van der Waals surface area contributed by atoms with Gasteiger partial charge in [0.1, 0.15) is 17.6 Å². The molecule has 1 amide bonds. The molecule has 0 bridgehead atoms. The second-order valence-corrected chi connectivity index (χ2v) is 3.30. The van der Waals surface area contributed by atoms with E-state index in [1.807, 2.05) is 0 Å². The van der Waals surface area contributed by atoms with Crippen molar-refractivity contribution in [1.82, 2.24) is 5.16 Å². The van der Waals surface area contributed by atoms with E-state index in [2.05, 4.69) is 15.0 Å². The molecule has 2 N–H and O–H groups in total. The number of carbonyl (C=O) groups is 1. The van der Waals surface area contributed by atoms with Crippen molar-refractivity contribution < 1.29 is 19.3 Å². The number of hydrogen-bond acceptors (Lipinski definition) is 6. The summed E-state index contributed by atoms with van der Waals surface area (Å²) in [6.45, 7) is 0. The van der Waals surface area contributed by atoms with Crippen LogP contribution in [0.4, 0.5) is 11.5 Å². The SMILES string of the molecule is O=C(Nc1ccon1)c1cc(O)ccc1[N+](=O)[O-]. The Bertz CT molecular complexity index is 594. The number of benzene rings is 1. The average molecular weight is 249 g/mol. The van der Waals surface area contributed by atoms with Gasteiger partial charge < -0.3 is 14.9 Å². The van der Waals surface area contributed by atoms with E-state index in [9.17, 15) is 20.0 Å². The summed E-state index contributed by atoms with van der Waals surface area (Å²) < 4.78 is 4.50. The van der Waals surface area contributed by atoms with E-state index in [-0.39, 0.29) is 17.1 Å². The average Bonchev–Trinajstić information content (AvgIpc) is 2.81. The summed E-state index contributed by atoms with van der Waals surface area (Å²) in [7, 11) is 0. The number of phenolic OH excluding ortho intramolecular Hbond substituents is 1. The number of aromatic nitrogens is 1. The lowest BCUT2D eigenvalue weighted by Gasteiger charge is -2.03. The molecule has 0 saturated heterocycles. The van der Waals surface area contributed by atoms with Crippen LogP contribution in [-0.2, 0) is 0 Å². The molecule has 0 radical (unpaired) electrons. The van der Waals surface area contributed by atoms with Gasteiger partial charge >= 0.3 is 0 Å². The summed E-state index contributed by atoms with van der Waals surface area (Å²) in [5.41, 5.74) is -0.670. The van der Waals surface area contributed by atoms with E-state index in [4.69, 9.17) is 0 Å². The molecule has 0 aliphatic carbocycles. The fourth-order valence-corrected chi connectivity index (χ4v) is 1.33. The summed E-state index contributed by atoms with van der Waals surface area (Å²) in [6, 6.07) is 4.57. The molecule has 92 valence electrons. The van der Waals surface area contributed by atoms with Gasteiger partial charge in [-0.15, -0.1) is 0 Å². The van der Waals surface area contributed by atoms with Crippen molar-refractivity contribution in [2.75, 3.05) is 5.32 Å². The van der Waals surface area contributed by atoms with Gasteiger partial charge in [-0.2, -0.15) is 0 Å². The molecule has 0 aliphatic rings. The molecule has 0 unspecified atom stereocenters. The second-order valence-electron chi connectivity index (χ2n) is 3.30. The standard InChI is InChI=1S/C10H7N3O5/c14-6-1-2-8(13(16)17)7(5-6)10(15)11-9-3-4-18-12-9/h1-5,14H,(H,11,12,15). The molecule has 0 spiro atoms. The van der Waals surface area contributed by atoms with Gasteiger partial charge in [0.2, 0.25) is 0 Å². The first-order chi connectivity index (χ1) is 8.58. The smallest absolute Gasteiger partial charge is 0.282 e. The van der Waals surface area contributed by atoms with Crippen LogP contribution in [0.15, 0.2) is 35.1 Å². The number of rotatable bonds is 3. The van der Waals surface area contributed by atoms with Crippen molar-refractivity contribution in [2.45, 2.75) is 0 Å². The monoisotopic (exact) mass is 249 g/mol. The lowest BCUT2D eigenvalue weighted by atomic mass is 10.1. The molecule has 1 aromatic carbocycles. The lowest BCUT2D eigenvalue weighted by Crippen LogP contribution is -2.14. The first-order valence-electron chi connectivity index (χ1n) is 4.77. The molecule has 2 rings (SSSR count). The van der Waals surface area contributed by atoms with Crippen molar-refractivity contribution in [3.63, 3.8) is 0 Å². The maximum Gasteiger partial charge on any atom is 0.282 e. The van der Waals surface area contributed by atoms with Crippen LogP contribution in [-0.4, -0.2) is 21.1 Å². The first-order valence-corrected chi connectivity index (χ1v) is 4.77. The summed E-state index contributed by atoms with van der Waals surface area (Å²) >= 11 is 0. The van der Waals surface area contributed by atoms with Crippen LogP contribution in [0, 0.1) is 10.1 Å². The summed E-state index contributed by atoms with van der Waals surface area (Å²) in [5, 5.41) is 25.7. The predicted molar refractivity (Wildman–Crippen MR) is 59.2 cm³/mol. The second kappa shape index (κ2) is 4.53. The third-order valence-corrected chi connectivity index (χ3v) is 2.10. The third-order valence-electron chi connectivity index (χ3n) is 2.10. The summed E-state index contributed by atoms with van der Waals surface area (Å²) in [4.78, 5) is 21.8. The van der Waals surface area contributed by atoms with Crippen molar-refractivity contribution in [2.24, 2.45) is 0 Å². The van der Waals surface area contributed by atoms with E-state index >= 15 is 0 Å². The highest BCUT2D eigenvalue weighted by Gasteiger charge is 2.21. The minimum atomic E-state index is -0.758. The fraction of sp³-hybridized carbons (Fsp3) is 0. The zero-order chi connectivity index (χ0) is 13.1. The number of nitro benzene ring substituents is 1. The van der Waals surface area contributed by atoms with Gasteiger partial charge in [-0.1, -0.05) is 5.16 Å². The summed E-state index contributed by atoms with van der Waals surface area (Å²) in [5.74, 6) is -0.880. The number of aromatic hydroxyl groups is 1. The van der Waals surface area contributed by atoms with E-state index in [0.717, 1.165) is 18.2 Å². The maximum absolute atomic E-state index is 11.8. The van der Waals surface area contributed by atoms with E-state index in [1.165, 1.54) is 12.3 Å². The van der Waals surface area contributed by atoms with Crippen LogP contribution in [0.1, 0.15) is 10.4 Å². The first kappa shape index (κ1) is 11.6. The highest BCUT2D eigenvalue weighted by atomic mass is 16.6. The fourth-order valence-electron chi connectivity index (χ4n) is 1.33. The number of nitro groups is 1. The molecular weight excluding hydrogens is 242 g/mol. The maximum atomic E-state index is 11.8. The Hall–Kier alpha value is -2.90. The number of carbonyl (C=O) groups excluding carboxylic acids is 1. The number of anilines is 1. The number of nitrogens with one attached hydrogen (secondary N) is 1. The van der Waals surface area contributed by atoms with E-state index in [1.54, 1.807) is 0 Å². The molecule has 0 saturated carbocycles.